The fraction of sp³-hybridized carbons (Fsp3) is 0.160. The molecule has 1 saturated heterocycles. The first-order valence-corrected chi connectivity index (χ1v) is 10.5. The maximum Gasteiger partial charge on any atom is 0.253 e. The van der Waals surface area contributed by atoms with Gasteiger partial charge in [0.1, 0.15) is 18.0 Å². The number of anilines is 1. The van der Waals surface area contributed by atoms with Gasteiger partial charge in [-0.1, -0.05) is 30.3 Å². The smallest absolute Gasteiger partial charge is 0.253 e. The van der Waals surface area contributed by atoms with Crippen molar-refractivity contribution in [1.82, 2.24) is 14.9 Å². The van der Waals surface area contributed by atoms with Crippen LogP contribution in [0.1, 0.15) is 10.4 Å². The molecule has 8 heteroatoms. The lowest BCUT2D eigenvalue weighted by molar-refractivity contribution is 0.0746. The van der Waals surface area contributed by atoms with E-state index < -0.39 is 11.6 Å². The highest BCUT2D eigenvalue weighted by atomic mass is 19.1. The highest BCUT2D eigenvalue weighted by Crippen LogP contribution is 2.26. The molecule has 0 radical (unpaired) electrons. The summed E-state index contributed by atoms with van der Waals surface area (Å²) in [6.07, 6.45) is 1.33. The van der Waals surface area contributed by atoms with Crippen molar-refractivity contribution in [2.75, 3.05) is 31.1 Å². The van der Waals surface area contributed by atoms with Gasteiger partial charge in [0.15, 0.2) is 11.6 Å². The Bertz CT molecular complexity index is 1320. The Kier molecular flexibility index (Phi) is 5.56. The highest BCUT2D eigenvalue weighted by molar-refractivity contribution is 5.98. The monoisotopic (exact) mass is 446 g/mol. The molecular weight excluding hydrogens is 426 g/mol. The molecule has 0 aliphatic carbocycles. The standard InChI is InChI=1S/C25H20F2N4O2/c26-20-7-8-22(21(27)14-20)33-24-15-23(28-16-29-24)30-9-11-31(12-10-30)25(32)19-6-5-17-3-1-2-4-18(17)13-19/h1-8,13-16H,9-12H2. The maximum atomic E-state index is 13.9. The lowest BCUT2D eigenvalue weighted by Crippen LogP contribution is -2.49. The average molecular weight is 446 g/mol. The number of halogens is 2. The predicted molar refractivity (Wildman–Crippen MR) is 121 cm³/mol. The van der Waals surface area contributed by atoms with Crippen LogP contribution in [0.4, 0.5) is 14.6 Å². The van der Waals surface area contributed by atoms with E-state index in [1.54, 1.807) is 6.07 Å². The van der Waals surface area contributed by atoms with E-state index >= 15 is 0 Å². The second-order valence-corrected chi connectivity index (χ2v) is 7.73. The van der Waals surface area contributed by atoms with Gasteiger partial charge in [0.25, 0.3) is 5.91 Å². The van der Waals surface area contributed by atoms with Crippen LogP contribution in [0.25, 0.3) is 10.8 Å². The zero-order chi connectivity index (χ0) is 22.8. The van der Waals surface area contributed by atoms with Crippen molar-refractivity contribution in [3.8, 4) is 11.6 Å². The third-order valence-corrected chi connectivity index (χ3v) is 5.62. The number of amides is 1. The summed E-state index contributed by atoms with van der Waals surface area (Å²) >= 11 is 0. The maximum absolute atomic E-state index is 13.9. The number of carbonyl (C=O) groups is 1. The highest BCUT2D eigenvalue weighted by Gasteiger charge is 2.23. The minimum atomic E-state index is -0.809. The molecule has 0 N–H and O–H groups in total. The van der Waals surface area contributed by atoms with Crippen LogP contribution in [0.3, 0.4) is 0 Å². The van der Waals surface area contributed by atoms with Gasteiger partial charge < -0.3 is 14.5 Å². The summed E-state index contributed by atoms with van der Waals surface area (Å²) in [4.78, 5) is 25.1. The van der Waals surface area contributed by atoms with Crippen molar-refractivity contribution in [3.63, 3.8) is 0 Å². The topological polar surface area (TPSA) is 58.6 Å². The first-order chi connectivity index (χ1) is 16.1. The van der Waals surface area contributed by atoms with Crippen LogP contribution in [0, 0.1) is 11.6 Å². The van der Waals surface area contributed by atoms with Gasteiger partial charge >= 0.3 is 0 Å². The number of aromatic nitrogens is 2. The van der Waals surface area contributed by atoms with E-state index in [-0.39, 0.29) is 17.5 Å². The second-order valence-electron chi connectivity index (χ2n) is 7.73. The van der Waals surface area contributed by atoms with E-state index in [0.717, 1.165) is 22.9 Å². The molecule has 1 amide bonds. The molecular formula is C25H20F2N4O2. The van der Waals surface area contributed by atoms with E-state index in [9.17, 15) is 13.6 Å². The van der Waals surface area contributed by atoms with Gasteiger partial charge in [-0.2, -0.15) is 0 Å². The van der Waals surface area contributed by atoms with Crippen LogP contribution in [-0.2, 0) is 0 Å². The number of hydrogen-bond donors (Lipinski definition) is 0. The molecule has 4 aromatic rings. The molecule has 0 unspecified atom stereocenters. The van der Waals surface area contributed by atoms with Crippen molar-refractivity contribution in [3.05, 3.63) is 90.3 Å². The lowest BCUT2D eigenvalue weighted by atomic mass is 10.1. The number of nitrogens with zero attached hydrogens (tertiary/aromatic N) is 4. The fourth-order valence-corrected chi connectivity index (χ4v) is 3.87. The molecule has 0 saturated carbocycles. The van der Waals surface area contributed by atoms with Gasteiger partial charge in [-0.15, -0.1) is 0 Å². The summed E-state index contributed by atoms with van der Waals surface area (Å²) in [6.45, 7) is 2.25. The molecule has 166 valence electrons. The molecule has 1 aliphatic rings. The zero-order valence-electron chi connectivity index (χ0n) is 17.6. The van der Waals surface area contributed by atoms with Crippen LogP contribution in [0.15, 0.2) is 73.1 Å². The number of hydrogen-bond acceptors (Lipinski definition) is 5. The summed E-state index contributed by atoms with van der Waals surface area (Å²) in [6, 6.07) is 18.4. The molecule has 3 aromatic carbocycles. The number of rotatable bonds is 4. The number of ether oxygens (including phenoxy) is 1. The van der Waals surface area contributed by atoms with Gasteiger partial charge in [-0.25, -0.2) is 18.7 Å². The summed E-state index contributed by atoms with van der Waals surface area (Å²) in [7, 11) is 0. The largest absolute Gasteiger partial charge is 0.436 e. The zero-order valence-corrected chi connectivity index (χ0v) is 17.6. The quantitative estimate of drug-likeness (QED) is 0.456. The molecule has 6 nitrogen and oxygen atoms in total. The molecule has 0 spiro atoms. The third-order valence-electron chi connectivity index (χ3n) is 5.62. The number of fused-ring (bicyclic) bond motifs is 1. The van der Waals surface area contributed by atoms with E-state index in [2.05, 4.69) is 9.97 Å². The van der Waals surface area contributed by atoms with E-state index in [1.807, 2.05) is 52.3 Å². The van der Waals surface area contributed by atoms with Crippen molar-refractivity contribution in [2.24, 2.45) is 0 Å². The summed E-state index contributed by atoms with van der Waals surface area (Å²) in [5, 5.41) is 2.13. The van der Waals surface area contributed by atoms with Crippen molar-refractivity contribution < 1.29 is 18.3 Å². The first-order valence-electron chi connectivity index (χ1n) is 10.5. The number of benzene rings is 3. The normalized spacial score (nSPS) is 13.9. The van der Waals surface area contributed by atoms with E-state index in [4.69, 9.17) is 4.74 Å². The minimum Gasteiger partial charge on any atom is -0.436 e. The van der Waals surface area contributed by atoms with Crippen LogP contribution < -0.4 is 9.64 Å². The Morgan fingerprint density at radius 2 is 1.64 bits per heavy atom. The van der Waals surface area contributed by atoms with Gasteiger partial charge in [-0.05, 0) is 35.0 Å². The first kappa shape index (κ1) is 20.8. The Balaban J connectivity index is 1.25. The molecule has 2 heterocycles. The Hall–Kier alpha value is -4.07. The summed E-state index contributed by atoms with van der Waals surface area (Å²) < 4.78 is 32.4. The van der Waals surface area contributed by atoms with Crippen molar-refractivity contribution in [2.45, 2.75) is 0 Å². The molecule has 0 bridgehead atoms. The van der Waals surface area contributed by atoms with Gasteiger partial charge in [0.05, 0.1) is 0 Å². The van der Waals surface area contributed by atoms with Gasteiger partial charge in [0, 0.05) is 43.9 Å². The number of carbonyl (C=O) groups excluding carboxylic acids is 1. The summed E-state index contributed by atoms with van der Waals surface area (Å²) in [5.41, 5.74) is 0.668. The van der Waals surface area contributed by atoms with Crippen LogP contribution >= 0.6 is 0 Å². The molecule has 1 fully saturated rings. The molecule has 5 rings (SSSR count). The SMILES string of the molecule is O=C(c1ccc2ccccc2c1)N1CCN(c2cc(Oc3ccc(F)cc3F)ncn2)CC1. The molecule has 1 aromatic heterocycles. The Labute approximate surface area is 189 Å². The third kappa shape index (κ3) is 4.45. The van der Waals surface area contributed by atoms with Gasteiger partial charge in [-0.3, -0.25) is 4.79 Å². The molecule has 33 heavy (non-hydrogen) atoms. The Morgan fingerprint density at radius 1 is 0.848 bits per heavy atom. The number of piperazine rings is 1. The van der Waals surface area contributed by atoms with Crippen LogP contribution in [0.5, 0.6) is 11.6 Å². The van der Waals surface area contributed by atoms with Gasteiger partial charge in [0.2, 0.25) is 5.88 Å². The minimum absolute atomic E-state index is 0.00102. The lowest BCUT2D eigenvalue weighted by Gasteiger charge is -2.35. The van der Waals surface area contributed by atoms with E-state index in [0.29, 0.717) is 37.6 Å². The van der Waals surface area contributed by atoms with Crippen LogP contribution in [-0.4, -0.2) is 47.0 Å². The summed E-state index contributed by atoms with van der Waals surface area (Å²) in [5.74, 6) is -0.846. The van der Waals surface area contributed by atoms with Crippen molar-refractivity contribution >= 4 is 22.5 Å². The second kappa shape index (κ2) is 8.82. The molecule has 0 atom stereocenters. The van der Waals surface area contributed by atoms with Crippen LogP contribution in [0.2, 0.25) is 0 Å². The van der Waals surface area contributed by atoms with E-state index in [1.165, 1.54) is 12.4 Å². The predicted octanol–water partition coefficient (Wildman–Crippen LogP) is 4.66. The average Bonchev–Trinajstić information content (AvgIpc) is 2.85. The fourth-order valence-electron chi connectivity index (χ4n) is 3.87. The van der Waals surface area contributed by atoms with Crippen molar-refractivity contribution in [1.29, 1.82) is 0 Å². The molecule has 1 aliphatic heterocycles. The Morgan fingerprint density at radius 3 is 2.42 bits per heavy atom.